The zero-order valence-electron chi connectivity index (χ0n) is 24.2. The molecule has 1 atom stereocenters. The summed E-state index contributed by atoms with van der Waals surface area (Å²) in [5, 5.41) is 6.66. The van der Waals surface area contributed by atoms with Crippen molar-refractivity contribution in [2.75, 3.05) is 78.6 Å². The van der Waals surface area contributed by atoms with Gasteiger partial charge >= 0.3 is 0 Å². The molecule has 214 valence electrons. The van der Waals surface area contributed by atoms with E-state index in [1.165, 1.54) is 5.57 Å². The van der Waals surface area contributed by atoms with Gasteiger partial charge in [-0.25, -0.2) is 0 Å². The smallest absolute Gasteiger partial charge is 0.234 e. The summed E-state index contributed by atoms with van der Waals surface area (Å²) in [7, 11) is 0. The number of nitrogens with one attached hydrogen (secondary N) is 2. The van der Waals surface area contributed by atoms with Crippen LogP contribution >= 0.6 is 0 Å². The van der Waals surface area contributed by atoms with Crippen LogP contribution in [0.3, 0.4) is 0 Å². The molecule has 1 aliphatic carbocycles. The van der Waals surface area contributed by atoms with Crippen LogP contribution in [0.1, 0.15) is 59.8 Å². The van der Waals surface area contributed by atoms with Crippen LogP contribution in [0, 0.1) is 5.92 Å². The number of nitrogens with zero attached hydrogens (tertiary/aromatic N) is 3. The van der Waals surface area contributed by atoms with Gasteiger partial charge in [0.15, 0.2) is 0 Å². The number of piperidine rings is 1. The molecule has 3 fully saturated rings. The lowest BCUT2D eigenvalue weighted by molar-refractivity contribution is -0.127. The molecule has 0 aromatic heterocycles. The van der Waals surface area contributed by atoms with Crippen LogP contribution in [-0.4, -0.2) is 124 Å². The molecule has 1 amide bonds. The first kappa shape index (κ1) is 30.5. The summed E-state index contributed by atoms with van der Waals surface area (Å²) in [6.07, 6.45) is 6.17. The molecule has 8 heteroatoms. The largest absolute Gasteiger partial charge is 0.377 e. The van der Waals surface area contributed by atoms with Crippen LogP contribution < -0.4 is 10.6 Å². The molecule has 0 aromatic rings. The van der Waals surface area contributed by atoms with Crippen LogP contribution in [0.5, 0.6) is 0 Å². The van der Waals surface area contributed by atoms with Gasteiger partial charge in [-0.15, -0.1) is 0 Å². The van der Waals surface area contributed by atoms with Gasteiger partial charge in [0, 0.05) is 58.4 Å². The SMILES string of the molecule is C=C(CC(C)CNCC)CN1CCC(OC2CC(NC(=O)CN3CCN(CCOC(C)C)CC3)C2)CC1. The van der Waals surface area contributed by atoms with E-state index in [-0.39, 0.29) is 18.1 Å². The van der Waals surface area contributed by atoms with Gasteiger partial charge in [0.2, 0.25) is 5.91 Å². The lowest BCUT2D eigenvalue weighted by atomic mass is 9.88. The topological polar surface area (TPSA) is 69.3 Å². The number of ether oxygens (including phenoxy) is 2. The van der Waals surface area contributed by atoms with E-state index in [1.807, 2.05) is 0 Å². The minimum absolute atomic E-state index is 0.161. The highest BCUT2D eigenvalue weighted by atomic mass is 16.5. The summed E-state index contributed by atoms with van der Waals surface area (Å²) in [5.74, 6) is 0.805. The van der Waals surface area contributed by atoms with Crippen molar-refractivity contribution in [2.24, 2.45) is 5.92 Å². The van der Waals surface area contributed by atoms with Crippen molar-refractivity contribution < 1.29 is 14.3 Å². The normalized spacial score (nSPS) is 25.2. The molecule has 0 radical (unpaired) electrons. The summed E-state index contributed by atoms with van der Waals surface area (Å²) >= 11 is 0. The van der Waals surface area contributed by atoms with Crippen molar-refractivity contribution in [1.82, 2.24) is 25.3 Å². The molecule has 2 heterocycles. The van der Waals surface area contributed by atoms with Crippen LogP contribution in [0.25, 0.3) is 0 Å². The van der Waals surface area contributed by atoms with Gasteiger partial charge in [-0.3, -0.25) is 19.5 Å². The van der Waals surface area contributed by atoms with Crippen molar-refractivity contribution in [2.45, 2.75) is 84.2 Å². The third kappa shape index (κ3) is 11.7. The maximum Gasteiger partial charge on any atom is 0.234 e. The first-order chi connectivity index (χ1) is 17.8. The summed E-state index contributed by atoms with van der Waals surface area (Å²) in [5.41, 5.74) is 1.35. The minimum atomic E-state index is 0.161. The molecular weight excluding hydrogens is 466 g/mol. The fraction of sp³-hybridized carbons (Fsp3) is 0.897. The number of amides is 1. The van der Waals surface area contributed by atoms with Crippen molar-refractivity contribution in [1.29, 1.82) is 0 Å². The van der Waals surface area contributed by atoms with Gasteiger partial charge in [-0.1, -0.05) is 26.0 Å². The fourth-order valence-corrected chi connectivity index (χ4v) is 5.67. The van der Waals surface area contributed by atoms with E-state index < -0.39 is 0 Å². The molecule has 0 spiro atoms. The second-order valence-electron chi connectivity index (χ2n) is 11.9. The molecule has 8 nitrogen and oxygen atoms in total. The van der Waals surface area contributed by atoms with Crippen LogP contribution in [0.15, 0.2) is 12.2 Å². The van der Waals surface area contributed by atoms with E-state index in [0.29, 0.717) is 24.7 Å². The predicted molar refractivity (Wildman–Crippen MR) is 151 cm³/mol. The van der Waals surface area contributed by atoms with E-state index in [4.69, 9.17) is 9.47 Å². The van der Waals surface area contributed by atoms with Crippen LogP contribution in [0.4, 0.5) is 0 Å². The number of hydrogen-bond acceptors (Lipinski definition) is 7. The average molecular weight is 522 g/mol. The van der Waals surface area contributed by atoms with Crippen molar-refractivity contribution >= 4 is 5.91 Å². The Labute approximate surface area is 226 Å². The van der Waals surface area contributed by atoms with Gasteiger partial charge in [0.05, 0.1) is 31.5 Å². The standard InChI is InChI=1S/C29H55N5O3/c1-6-30-20-24(4)17-25(5)21-33-9-7-27(8-10-33)37-28-18-26(19-28)31-29(35)22-34-13-11-32(12-14-34)15-16-36-23(2)3/h23-24,26-28,30H,5-22H2,1-4H3,(H,31,35). The van der Waals surface area contributed by atoms with Crippen LogP contribution in [-0.2, 0) is 14.3 Å². The molecule has 0 aromatic carbocycles. The lowest BCUT2D eigenvalue weighted by Gasteiger charge is -2.41. The Hall–Kier alpha value is -1.03. The number of hydrogen-bond donors (Lipinski definition) is 2. The Morgan fingerprint density at radius 1 is 0.946 bits per heavy atom. The lowest BCUT2D eigenvalue weighted by Crippen LogP contribution is -2.54. The number of piperazine rings is 1. The molecule has 3 aliphatic rings. The summed E-state index contributed by atoms with van der Waals surface area (Å²) < 4.78 is 12.0. The second-order valence-corrected chi connectivity index (χ2v) is 11.9. The van der Waals surface area contributed by atoms with E-state index in [9.17, 15) is 4.79 Å². The Morgan fingerprint density at radius 2 is 1.59 bits per heavy atom. The summed E-state index contributed by atoms with van der Waals surface area (Å²) in [6, 6.07) is 0.277. The van der Waals surface area contributed by atoms with Gasteiger partial charge < -0.3 is 20.1 Å². The maximum atomic E-state index is 12.5. The van der Waals surface area contributed by atoms with Crippen molar-refractivity contribution in [3.05, 3.63) is 12.2 Å². The molecule has 2 N–H and O–H groups in total. The highest BCUT2D eigenvalue weighted by Crippen LogP contribution is 2.27. The van der Waals surface area contributed by atoms with Gasteiger partial charge in [0.1, 0.15) is 0 Å². The third-order valence-electron chi connectivity index (χ3n) is 7.90. The third-order valence-corrected chi connectivity index (χ3v) is 7.90. The van der Waals surface area contributed by atoms with Gasteiger partial charge in [-0.2, -0.15) is 0 Å². The van der Waals surface area contributed by atoms with E-state index in [2.05, 4.69) is 59.6 Å². The van der Waals surface area contributed by atoms with Crippen molar-refractivity contribution in [3.63, 3.8) is 0 Å². The Kier molecular flexibility index (Phi) is 13.3. The average Bonchev–Trinajstić information content (AvgIpc) is 2.83. The van der Waals surface area contributed by atoms with E-state index in [0.717, 1.165) is 104 Å². The molecule has 37 heavy (non-hydrogen) atoms. The number of likely N-dealkylation sites (tertiary alicyclic amines) is 1. The summed E-state index contributed by atoms with van der Waals surface area (Å²) in [6.45, 7) is 24.4. The van der Waals surface area contributed by atoms with Crippen molar-refractivity contribution in [3.8, 4) is 0 Å². The quantitative estimate of drug-likeness (QED) is 0.302. The first-order valence-electron chi connectivity index (χ1n) is 14.9. The molecule has 0 bridgehead atoms. The van der Waals surface area contributed by atoms with Crippen LogP contribution in [0.2, 0.25) is 0 Å². The molecule has 2 saturated heterocycles. The molecule has 3 rings (SSSR count). The highest BCUT2D eigenvalue weighted by Gasteiger charge is 2.34. The molecule has 2 aliphatic heterocycles. The molecular formula is C29H55N5O3. The zero-order chi connectivity index (χ0) is 26.6. The Bertz CT molecular complexity index is 668. The second kappa shape index (κ2) is 16.2. The van der Waals surface area contributed by atoms with Gasteiger partial charge in [-0.05, 0) is 65.0 Å². The first-order valence-corrected chi connectivity index (χ1v) is 14.9. The predicted octanol–water partition coefficient (Wildman–Crippen LogP) is 2.35. The van der Waals surface area contributed by atoms with Gasteiger partial charge in [0.25, 0.3) is 0 Å². The molecule has 1 unspecified atom stereocenters. The Morgan fingerprint density at radius 3 is 2.24 bits per heavy atom. The zero-order valence-corrected chi connectivity index (χ0v) is 24.2. The summed E-state index contributed by atoms with van der Waals surface area (Å²) in [4.78, 5) is 19.8. The highest BCUT2D eigenvalue weighted by molar-refractivity contribution is 5.78. The van der Waals surface area contributed by atoms with E-state index in [1.54, 1.807) is 0 Å². The number of rotatable bonds is 16. The Balaban J connectivity index is 1.20. The minimum Gasteiger partial charge on any atom is -0.377 e. The van der Waals surface area contributed by atoms with E-state index >= 15 is 0 Å². The maximum absolute atomic E-state index is 12.5. The number of carbonyl (C=O) groups excluding carboxylic acids is 1. The molecule has 1 saturated carbocycles. The monoisotopic (exact) mass is 521 g/mol. The number of carbonyl (C=O) groups is 1. The fourth-order valence-electron chi connectivity index (χ4n) is 5.67.